The molecule has 0 spiro atoms. The lowest BCUT2D eigenvalue weighted by molar-refractivity contribution is -0.137. The number of nitrogens with zero attached hydrogens (tertiary/aromatic N) is 2. The van der Waals surface area contributed by atoms with Crippen LogP contribution < -0.4 is 5.32 Å². The number of anilines is 1. The molecule has 116 valence electrons. The SMILES string of the molecule is CCOC(=O)c1cnc(NCC(C)CCC(=O)O)nc1C. The van der Waals surface area contributed by atoms with Gasteiger partial charge in [0, 0.05) is 19.2 Å². The van der Waals surface area contributed by atoms with Gasteiger partial charge in [-0.2, -0.15) is 0 Å². The Bertz CT molecular complexity index is 505. The number of nitrogens with one attached hydrogen (secondary N) is 1. The summed E-state index contributed by atoms with van der Waals surface area (Å²) in [6, 6.07) is 0. The van der Waals surface area contributed by atoms with E-state index in [-0.39, 0.29) is 12.3 Å². The fraction of sp³-hybridized carbons (Fsp3) is 0.571. The molecule has 0 fully saturated rings. The average Bonchev–Trinajstić information content (AvgIpc) is 2.43. The number of rotatable bonds is 8. The average molecular weight is 295 g/mol. The van der Waals surface area contributed by atoms with Gasteiger partial charge in [-0.15, -0.1) is 0 Å². The van der Waals surface area contributed by atoms with Crippen molar-refractivity contribution in [2.75, 3.05) is 18.5 Å². The molecule has 2 N–H and O–H groups in total. The summed E-state index contributed by atoms with van der Waals surface area (Å²) in [5.41, 5.74) is 0.894. The standard InChI is InChI=1S/C14H21N3O4/c1-4-21-13(20)11-8-16-14(17-10(11)3)15-7-9(2)5-6-12(18)19/h8-9H,4-7H2,1-3H3,(H,18,19)(H,15,16,17). The summed E-state index contributed by atoms with van der Waals surface area (Å²) in [4.78, 5) is 30.4. The highest BCUT2D eigenvalue weighted by atomic mass is 16.5. The minimum absolute atomic E-state index is 0.143. The van der Waals surface area contributed by atoms with Crippen molar-refractivity contribution in [2.45, 2.75) is 33.6 Å². The predicted molar refractivity (Wildman–Crippen MR) is 77.2 cm³/mol. The minimum atomic E-state index is -0.798. The third kappa shape index (κ3) is 5.76. The highest BCUT2D eigenvalue weighted by molar-refractivity contribution is 5.90. The number of aromatic nitrogens is 2. The smallest absolute Gasteiger partial charge is 0.341 e. The molecule has 0 aromatic carbocycles. The third-order valence-electron chi connectivity index (χ3n) is 2.93. The number of carboxylic acids is 1. The van der Waals surface area contributed by atoms with Crippen molar-refractivity contribution < 1.29 is 19.4 Å². The van der Waals surface area contributed by atoms with Gasteiger partial charge in [-0.05, 0) is 26.2 Å². The number of carbonyl (C=O) groups excluding carboxylic acids is 1. The Hall–Kier alpha value is -2.18. The molecule has 1 aromatic rings. The molecule has 21 heavy (non-hydrogen) atoms. The summed E-state index contributed by atoms with van der Waals surface area (Å²) in [5, 5.41) is 11.7. The Morgan fingerprint density at radius 3 is 2.76 bits per heavy atom. The molecule has 0 saturated heterocycles. The van der Waals surface area contributed by atoms with Gasteiger partial charge in [0.2, 0.25) is 5.95 Å². The Kier molecular flexibility index (Phi) is 6.58. The van der Waals surface area contributed by atoms with E-state index < -0.39 is 11.9 Å². The normalized spacial score (nSPS) is 11.8. The molecule has 0 aliphatic rings. The Labute approximate surface area is 123 Å². The van der Waals surface area contributed by atoms with Gasteiger partial charge in [-0.3, -0.25) is 4.79 Å². The van der Waals surface area contributed by atoms with Gasteiger partial charge in [0.1, 0.15) is 0 Å². The Morgan fingerprint density at radius 1 is 1.48 bits per heavy atom. The summed E-state index contributed by atoms with van der Waals surface area (Å²) < 4.78 is 4.91. The molecule has 7 heteroatoms. The van der Waals surface area contributed by atoms with E-state index in [0.29, 0.717) is 36.8 Å². The number of aryl methyl sites for hydroxylation is 1. The molecular formula is C14H21N3O4. The van der Waals surface area contributed by atoms with Crippen LogP contribution in [0.2, 0.25) is 0 Å². The van der Waals surface area contributed by atoms with Crippen LogP contribution in [0.1, 0.15) is 42.7 Å². The van der Waals surface area contributed by atoms with Crippen LogP contribution in [0.5, 0.6) is 0 Å². The lowest BCUT2D eigenvalue weighted by Gasteiger charge is -2.12. The van der Waals surface area contributed by atoms with Crippen LogP contribution in [-0.4, -0.2) is 40.2 Å². The molecule has 1 unspecified atom stereocenters. The lowest BCUT2D eigenvalue weighted by atomic mass is 10.1. The van der Waals surface area contributed by atoms with E-state index >= 15 is 0 Å². The highest BCUT2D eigenvalue weighted by Crippen LogP contribution is 2.11. The van der Waals surface area contributed by atoms with E-state index in [1.807, 2.05) is 6.92 Å². The Morgan fingerprint density at radius 2 is 2.19 bits per heavy atom. The molecule has 1 aromatic heterocycles. The first-order chi connectivity index (χ1) is 9.93. The van der Waals surface area contributed by atoms with Gasteiger partial charge >= 0.3 is 11.9 Å². The largest absolute Gasteiger partial charge is 0.481 e. The maximum Gasteiger partial charge on any atom is 0.341 e. The topological polar surface area (TPSA) is 101 Å². The highest BCUT2D eigenvalue weighted by Gasteiger charge is 2.13. The van der Waals surface area contributed by atoms with Gasteiger partial charge < -0.3 is 15.2 Å². The van der Waals surface area contributed by atoms with E-state index in [9.17, 15) is 9.59 Å². The van der Waals surface area contributed by atoms with Crippen LogP contribution in [-0.2, 0) is 9.53 Å². The fourth-order valence-electron chi connectivity index (χ4n) is 1.70. The molecule has 0 bridgehead atoms. The summed E-state index contributed by atoms with van der Waals surface area (Å²) in [6.07, 6.45) is 2.16. The molecule has 0 saturated carbocycles. The number of hydrogen-bond acceptors (Lipinski definition) is 6. The van der Waals surface area contributed by atoms with Crippen molar-refractivity contribution in [3.63, 3.8) is 0 Å². The van der Waals surface area contributed by atoms with Crippen molar-refractivity contribution in [2.24, 2.45) is 5.92 Å². The Balaban J connectivity index is 2.55. The summed E-state index contributed by atoms with van der Waals surface area (Å²) >= 11 is 0. The van der Waals surface area contributed by atoms with E-state index in [0.717, 1.165) is 0 Å². The number of esters is 1. The number of carbonyl (C=O) groups is 2. The zero-order chi connectivity index (χ0) is 15.8. The monoisotopic (exact) mass is 295 g/mol. The van der Waals surface area contributed by atoms with Gasteiger partial charge in [0.15, 0.2) is 0 Å². The minimum Gasteiger partial charge on any atom is -0.481 e. The van der Waals surface area contributed by atoms with E-state index in [4.69, 9.17) is 9.84 Å². The molecule has 0 aliphatic carbocycles. The fourth-order valence-corrected chi connectivity index (χ4v) is 1.70. The maximum atomic E-state index is 11.6. The maximum absolute atomic E-state index is 11.6. The first-order valence-electron chi connectivity index (χ1n) is 6.90. The zero-order valence-corrected chi connectivity index (χ0v) is 12.5. The van der Waals surface area contributed by atoms with Crippen LogP contribution >= 0.6 is 0 Å². The number of hydrogen-bond donors (Lipinski definition) is 2. The number of carboxylic acid groups (broad SMARTS) is 1. The molecule has 0 aliphatic heterocycles. The molecule has 0 radical (unpaired) electrons. The van der Waals surface area contributed by atoms with Crippen LogP contribution in [0.25, 0.3) is 0 Å². The zero-order valence-electron chi connectivity index (χ0n) is 12.5. The van der Waals surface area contributed by atoms with E-state index in [1.165, 1.54) is 6.20 Å². The summed E-state index contributed by atoms with van der Waals surface area (Å²) in [6.45, 7) is 6.29. The van der Waals surface area contributed by atoms with Gasteiger partial charge in [0.05, 0.1) is 17.9 Å². The first-order valence-corrected chi connectivity index (χ1v) is 6.90. The van der Waals surface area contributed by atoms with Crippen molar-refractivity contribution in [1.82, 2.24) is 9.97 Å². The second kappa shape index (κ2) is 8.18. The van der Waals surface area contributed by atoms with E-state index in [1.54, 1.807) is 13.8 Å². The second-order valence-corrected chi connectivity index (χ2v) is 4.83. The van der Waals surface area contributed by atoms with Crippen LogP contribution in [0.15, 0.2) is 6.20 Å². The molecule has 7 nitrogen and oxygen atoms in total. The van der Waals surface area contributed by atoms with Crippen molar-refractivity contribution in [1.29, 1.82) is 0 Å². The van der Waals surface area contributed by atoms with Gasteiger partial charge in [-0.1, -0.05) is 6.92 Å². The second-order valence-electron chi connectivity index (χ2n) is 4.83. The quantitative estimate of drug-likeness (QED) is 0.706. The van der Waals surface area contributed by atoms with Crippen molar-refractivity contribution >= 4 is 17.9 Å². The molecule has 1 rings (SSSR count). The molecule has 1 atom stereocenters. The number of ether oxygens (including phenoxy) is 1. The van der Waals surface area contributed by atoms with Crippen LogP contribution in [0.3, 0.4) is 0 Å². The van der Waals surface area contributed by atoms with Gasteiger partial charge in [0.25, 0.3) is 0 Å². The first kappa shape index (κ1) is 16.9. The van der Waals surface area contributed by atoms with Crippen molar-refractivity contribution in [3.8, 4) is 0 Å². The third-order valence-corrected chi connectivity index (χ3v) is 2.93. The van der Waals surface area contributed by atoms with Crippen molar-refractivity contribution in [3.05, 3.63) is 17.5 Å². The van der Waals surface area contributed by atoms with Gasteiger partial charge in [-0.25, -0.2) is 14.8 Å². The lowest BCUT2D eigenvalue weighted by Crippen LogP contribution is -2.16. The molecular weight excluding hydrogens is 274 g/mol. The summed E-state index contributed by atoms with van der Waals surface area (Å²) in [5.74, 6) is -0.624. The summed E-state index contributed by atoms with van der Waals surface area (Å²) in [7, 11) is 0. The molecule has 1 heterocycles. The predicted octanol–water partition coefficient (Wildman–Crippen LogP) is 1.87. The number of aliphatic carboxylic acids is 1. The molecule has 0 amide bonds. The van der Waals surface area contributed by atoms with Crippen LogP contribution in [0.4, 0.5) is 5.95 Å². The van der Waals surface area contributed by atoms with E-state index in [2.05, 4.69) is 15.3 Å². The van der Waals surface area contributed by atoms with Crippen LogP contribution in [0, 0.1) is 12.8 Å².